The molecular formula is C11H15N5O4. The highest BCUT2D eigenvalue weighted by Crippen LogP contribution is 2.12. The van der Waals surface area contributed by atoms with E-state index in [1.165, 1.54) is 12.4 Å². The molecular weight excluding hydrogens is 266 g/mol. The highest BCUT2D eigenvalue weighted by atomic mass is 16.5. The summed E-state index contributed by atoms with van der Waals surface area (Å²) in [6.45, 7) is 3.27. The number of esters is 1. The summed E-state index contributed by atoms with van der Waals surface area (Å²) in [5.74, 6) is -2.22. The number of nitrogens with two attached hydrogens (primary N) is 2. The van der Waals surface area contributed by atoms with Crippen molar-refractivity contribution in [1.29, 1.82) is 0 Å². The first-order valence-electron chi connectivity index (χ1n) is 5.70. The van der Waals surface area contributed by atoms with Crippen molar-refractivity contribution >= 4 is 23.7 Å². The normalized spacial score (nSPS) is 11.8. The molecule has 9 nitrogen and oxygen atoms in total. The molecule has 1 heterocycles. The maximum atomic E-state index is 11.9. The Morgan fingerprint density at radius 3 is 2.35 bits per heavy atom. The number of imide groups is 1. The summed E-state index contributed by atoms with van der Waals surface area (Å²) in [4.78, 5) is 41.6. The number of amides is 3. The van der Waals surface area contributed by atoms with Gasteiger partial charge < -0.3 is 16.2 Å². The quantitative estimate of drug-likeness (QED) is 0.625. The van der Waals surface area contributed by atoms with Crippen molar-refractivity contribution in [3.63, 3.8) is 0 Å². The van der Waals surface area contributed by atoms with E-state index in [9.17, 15) is 14.4 Å². The molecule has 20 heavy (non-hydrogen) atoms. The first-order chi connectivity index (χ1) is 9.32. The lowest BCUT2D eigenvalue weighted by Gasteiger charge is -2.19. The van der Waals surface area contributed by atoms with Crippen LogP contribution >= 0.6 is 0 Å². The molecule has 0 bridgehead atoms. The molecule has 108 valence electrons. The summed E-state index contributed by atoms with van der Waals surface area (Å²) in [5.41, 5.74) is 10.1. The Bertz CT molecular complexity index is 531. The fourth-order valence-electron chi connectivity index (χ4n) is 1.36. The van der Waals surface area contributed by atoms with Gasteiger partial charge in [0, 0.05) is 12.4 Å². The Labute approximate surface area is 114 Å². The van der Waals surface area contributed by atoms with Crippen molar-refractivity contribution in [2.45, 2.75) is 20.0 Å². The number of nitrogens with zero attached hydrogens (tertiary/aromatic N) is 2. The Hall–Kier alpha value is -2.71. The smallest absolute Gasteiger partial charge is 0.361 e. The van der Waals surface area contributed by atoms with E-state index in [1.54, 1.807) is 13.8 Å². The molecule has 0 saturated heterocycles. The fourth-order valence-corrected chi connectivity index (χ4v) is 1.36. The summed E-state index contributed by atoms with van der Waals surface area (Å²) in [7, 11) is 0. The molecule has 0 spiro atoms. The summed E-state index contributed by atoms with van der Waals surface area (Å²) in [5, 5.41) is 1.85. The van der Waals surface area contributed by atoms with Gasteiger partial charge in [-0.3, -0.25) is 10.1 Å². The van der Waals surface area contributed by atoms with Crippen LogP contribution in [0.15, 0.2) is 12.4 Å². The Morgan fingerprint density at radius 2 is 1.85 bits per heavy atom. The predicted molar refractivity (Wildman–Crippen MR) is 68.2 cm³/mol. The first kappa shape index (κ1) is 15.3. The SMILES string of the molecule is CC(C)[C@H](OC(=O)c1nccnc1N)C(=O)NC(N)=O. The maximum Gasteiger partial charge on any atom is 0.361 e. The van der Waals surface area contributed by atoms with E-state index in [0.29, 0.717) is 0 Å². The van der Waals surface area contributed by atoms with E-state index >= 15 is 0 Å². The van der Waals surface area contributed by atoms with E-state index in [-0.39, 0.29) is 17.4 Å². The number of carbonyl (C=O) groups is 3. The van der Waals surface area contributed by atoms with E-state index in [1.807, 2.05) is 5.32 Å². The zero-order valence-corrected chi connectivity index (χ0v) is 11.0. The molecule has 1 aromatic rings. The van der Waals surface area contributed by atoms with Gasteiger partial charge in [-0.2, -0.15) is 0 Å². The summed E-state index contributed by atoms with van der Waals surface area (Å²) in [6.07, 6.45) is 1.38. The monoisotopic (exact) mass is 281 g/mol. The average molecular weight is 281 g/mol. The van der Waals surface area contributed by atoms with Crippen LogP contribution in [0.4, 0.5) is 10.6 Å². The molecule has 0 unspecified atom stereocenters. The number of nitrogen functional groups attached to an aromatic ring is 1. The molecule has 0 aromatic carbocycles. The number of hydrogen-bond acceptors (Lipinski definition) is 7. The van der Waals surface area contributed by atoms with Crippen LogP contribution in [0.25, 0.3) is 0 Å². The Balaban J connectivity index is 2.86. The first-order valence-corrected chi connectivity index (χ1v) is 5.70. The van der Waals surface area contributed by atoms with Crippen LogP contribution in [0.5, 0.6) is 0 Å². The number of carbonyl (C=O) groups excluding carboxylic acids is 3. The van der Waals surface area contributed by atoms with Gasteiger partial charge >= 0.3 is 12.0 Å². The molecule has 0 aliphatic carbocycles. The van der Waals surface area contributed by atoms with Crippen molar-refractivity contribution in [2.75, 3.05) is 5.73 Å². The van der Waals surface area contributed by atoms with Gasteiger partial charge in [0.05, 0.1) is 0 Å². The van der Waals surface area contributed by atoms with Crippen LogP contribution in [0, 0.1) is 5.92 Å². The van der Waals surface area contributed by atoms with Gasteiger partial charge in [0.15, 0.2) is 17.6 Å². The van der Waals surface area contributed by atoms with E-state index in [0.717, 1.165) is 0 Å². The number of anilines is 1. The van der Waals surface area contributed by atoms with Crippen LogP contribution < -0.4 is 16.8 Å². The van der Waals surface area contributed by atoms with Gasteiger partial charge in [-0.05, 0) is 5.92 Å². The van der Waals surface area contributed by atoms with Crippen molar-refractivity contribution < 1.29 is 19.1 Å². The number of hydrogen-bond donors (Lipinski definition) is 3. The molecule has 0 aliphatic heterocycles. The standard InChI is InChI=1S/C11H15N5O4/c1-5(2)7(9(17)16-11(13)19)20-10(18)6-8(12)15-4-3-14-6/h3-5,7H,1-2H3,(H2,12,15)(H3,13,16,17,19)/t7-/m0/s1. The minimum absolute atomic E-state index is 0.115. The third-order valence-corrected chi connectivity index (χ3v) is 2.26. The van der Waals surface area contributed by atoms with Crippen molar-refractivity contribution in [1.82, 2.24) is 15.3 Å². The molecule has 1 atom stereocenters. The fraction of sp³-hybridized carbons (Fsp3) is 0.364. The molecule has 1 rings (SSSR count). The maximum absolute atomic E-state index is 11.9. The number of urea groups is 1. The minimum Gasteiger partial charge on any atom is -0.447 e. The molecule has 9 heteroatoms. The molecule has 0 fully saturated rings. The summed E-state index contributed by atoms with van der Waals surface area (Å²) < 4.78 is 5.00. The van der Waals surface area contributed by atoms with Crippen LogP contribution in [-0.4, -0.2) is 34.0 Å². The zero-order valence-electron chi connectivity index (χ0n) is 11.0. The zero-order chi connectivity index (χ0) is 15.3. The molecule has 0 saturated carbocycles. The van der Waals surface area contributed by atoms with Gasteiger partial charge in [0.25, 0.3) is 5.91 Å². The lowest BCUT2D eigenvalue weighted by atomic mass is 10.1. The van der Waals surface area contributed by atoms with E-state index in [2.05, 4.69) is 9.97 Å². The van der Waals surface area contributed by atoms with Crippen molar-refractivity contribution in [3.8, 4) is 0 Å². The van der Waals surface area contributed by atoms with Crippen LogP contribution in [0.3, 0.4) is 0 Å². The largest absolute Gasteiger partial charge is 0.447 e. The Morgan fingerprint density at radius 1 is 1.25 bits per heavy atom. The number of primary amides is 1. The van der Waals surface area contributed by atoms with Gasteiger partial charge in [0.2, 0.25) is 0 Å². The number of ether oxygens (including phenoxy) is 1. The Kier molecular flexibility index (Phi) is 4.95. The number of aromatic nitrogens is 2. The van der Waals surface area contributed by atoms with Crippen molar-refractivity contribution in [3.05, 3.63) is 18.1 Å². The van der Waals surface area contributed by atoms with E-state index in [4.69, 9.17) is 16.2 Å². The summed E-state index contributed by atoms with van der Waals surface area (Å²) >= 11 is 0. The predicted octanol–water partition coefficient (Wildman–Crippen LogP) is -0.565. The van der Waals surface area contributed by atoms with Crippen molar-refractivity contribution in [2.24, 2.45) is 11.7 Å². The lowest BCUT2D eigenvalue weighted by molar-refractivity contribution is -0.130. The highest BCUT2D eigenvalue weighted by molar-refractivity contribution is 5.98. The number of nitrogens with one attached hydrogen (secondary N) is 1. The van der Waals surface area contributed by atoms with Gasteiger partial charge in [-0.1, -0.05) is 13.8 Å². The second-order valence-electron chi connectivity index (χ2n) is 4.21. The molecule has 1 aromatic heterocycles. The highest BCUT2D eigenvalue weighted by Gasteiger charge is 2.29. The third kappa shape index (κ3) is 3.90. The molecule has 0 aliphatic rings. The van der Waals surface area contributed by atoms with Gasteiger partial charge in [0.1, 0.15) is 0 Å². The average Bonchev–Trinajstić information content (AvgIpc) is 2.34. The summed E-state index contributed by atoms with van der Waals surface area (Å²) in [6, 6.07) is -1.03. The molecule has 5 N–H and O–H groups in total. The minimum atomic E-state index is -1.20. The van der Waals surface area contributed by atoms with E-state index < -0.39 is 24.0 Å². The third-order valence-electron chi connectivity index (χ3n) is 2.26. The molecule has 0 radical (unpaired) electrons. The number of rotatable bonds is 4. The van der Waals surface area contributed by atoms with Gasteiger partial charge in [-0.15, -0.1) is 0 Å². The lowest BCUT2D eigenvalue weighted by Crippen LogP contribution is -2.45. The van der Waals surface area contributed by atoms with Gasteiger partial charge in [-0.25, -0.2) is 19.6 Å². The topological polar surface area (TPSA) is 150 Å². The van der Waals surface area contributed by atoms with Crippen LogP contribution in [0.2, 0.25) is 0 Å². The molecule has 3 amide bonds. The van der Waals surface area contributed by atoms with Crippen LogP contribution in [0.1, 0.15) is 24.3 Å². The second-order valence-corrected chi connectivity index (χ2v) is 4.21. The van der Waals surface area contributed by atoms with Crippen LogP contribution in [-0.2, 0) is 9.53 Å². The second kappa shape index (κ2) is 6.45.